The first-order valence-corrected chi connectivity index (χ1v) is 7.42. The van der Waals surface area contributed by atoms with Gasteiger partial charge in [0, 0.05) is 18.2 Å². The lowest BCUT2D eigenvalue weighted by atomic mass is 9.99. The molecule has 1 aromatic rings. The van der Waals surface area contributed by atoms with Crippen molar-refractivity contribution >= 4 is 16.9 Å². The second-order valence-corrected chi connectivity index (χ2v) is 5.62. The van der Waals surface area contributed by atoms with Crippen molar-refractivity contribution in [2.24, 2.45) is 10.9 Å². The van der Waals surface area contributed by atoms with Gasteiger partial charge >= 0.3 is 0 Å². The van der Waals surface area contributed by atoms with Crippen LogP contribution in [0, 0.1) is 5.92 Å². The molecular weight excluding hydrogens is 248 g/mol. The molecule has 6 heteroatoms. The summed E-state index contributed by atoms with van der Waals surface area (Å²) < 4.78 is 4.94. The minimum atomic E-state index is 0.644. The van der Waals surface area contributed by atoms with Crippen LogP contribution in [0.1, 0.15) is 32.6 Å². The van der Waals surface area contributed by atoms with E-state index in [1.165, 1.54) is 19.2 Å². The van der Waals surface area contributed by atoms with E-state index in [0.29, 0.717) is 11.1 Å². The fourth-order valence-corrected chi connectivity index (χ4v) is 3.48. The number of nitrogens with one attached hydrogen (secondary N) is 1. The molecule has 1 atom stereocenters. The monoisotopic (exact) mass is 268 g/mol. The van der Waals surface area contributed by atoms with Gasteiger partial charge in [0.1, 0.15) is 0 Å². The molecule has 2 rings (SSSR count). The Morgan fingerprint density at radius 3 is 3.00 bits per heavy atom. The van der Waals surface area contributed by atoms with Gasteiger partial charge in [0.15, 0.2) is 11.5 Å². The predicted molar refractivity (Wildman–Crippen MR) is 73.8 cm³/mol. The average molecular weight is 268 g/mol. The van der Waals surface area contributed by atoms with Crippen LogP contribution in [0.25, 0.3) is 0 Å². The molecule has 1 aliphatic rings. The van der Waals surface area contributed by atoms with Crippen LogP contribution >= 0.6 is 11.8 Å². The number of thioether (sulfide) groups is 1. The number of rotatable bonds is 6. The molecular formula is C12H20N4OS. The Morgan fingerprint density at radius 1 is 1.50 bits per heavy atom. The quantitative estimate of drug-likeness (QED) is 0.856. The first kappa shape index (κ1) is 13.4. The molecule has 0 radical (unpaired) electrons. The van der Waals surface area contributed by atoms with E-state index in [9.17, 15) is 0 Å². The summed E-state index contributed by atoms with van der Waals surface area (Å²) in [4.78, 5) is 8.54. The Balaban J connectivity index is 1.69. The third-order valence-electron chi connectivity index (χ3n) is 3.27. The highest BCUT2D eigenvalue weighted by Gasteiger charge is 2.25. The van der Waals surface area contributed by atoms with Crippen molar-refractivity contribution in [2.45, 2.75) is 38.4 Å². The van der Waals surface area contributed by atoms with Crippen LogP contribution in [0.2, 0.25) is 0 Å². The van der Waals surface area contributed by atoms with Crippen molar-refractivity contribution in [3.05, 3.63) is 12.2 Å². The summed E-state index contributed by atoms with van der Waals surface area (Å²) in [7, 11) is 0. The molecule has 1 aromatic heterocycles. The lowest BCUT2D eigenvalue weighted by molar-refractivity contribution is 0.377. The third kappa shape index (κ3) is 3.48. The van der Waals surface area contributed by atoms with Gasteiger partial charge in [-0.3, -0.25) is 4.99 Å². The van der Waals surface area contributed by atoms with Crippen molar-refractivity contribution in [2.75, 3.05) is 13.1 Å². The summed E-state index contributed by atoms with van der Waals surface area (Å²) in [5, 5.41) is 8.62. The second kappa shape index (κ2) is 6.78. The van der Waals surface area contributed by atoms with Gasteiger partial charge in [-0.05, 0) is 5.92 Å². The van der Waals surface area contributed by atoms with E-state index in [0.717, 1.165) is 30.6 Å². The molecule has 1 aliphatic heterocycles. The van der Waals surface area contributed by atoms with E-state index >= 15 is 0 Å². The average Bonchev–Trinajstić information content (AvgIpc) is 3.03. The standard InChI is InChI=1S/C12H20N4OS/c1-3-9(4-2)10-7-14-12(18-10)13-6-5-11-15-8-16-17-11/h8-10H,3-7H2,1-2H3,(H,13,14). The molecule has 1 N–H and O–H groups in total. The molecule has 0 aliphatic carbocycles. The number of aromatic nitrogens is 2. The van der Waals surface area contributed by atoms with Gasteiger partial charge in [0.2, 0.25) is 5.89 Å². The first-order chi connectivity index (χ1) is 8.83. The maximum Gasteiger partial charge on any atom is 0.228 e. The van der Waals surface area contributed by atoms with Crippen molar-refractivity contribution in [3.63, 3.8) is 0 Å². The zero-order chi connectivity index (χ0) is 12.8. The van der Waals surface area contributed by atoms with Crippen molar-refractivity contribution in [1.29, 1.82) is 0 Å². The van der Waals surface area contributed by atoms with E-state index < -0.39 is 0 Å². The molecule has 0 spiro atoms. The highest BCUT2D eigenvalue weighted by atomic mass is 32.2. The molecule has 0 saturated carbocycles. The maximum absolute atomic E-state index is 4.94. The summed E-state index contributed by atoms with van der Waals surface area (Å²) in [6.45, 7) is 6.26. The lowest BCUT2D eigenvalue weighted by Gasteiger charge is -2.18. The summed E-state index contributed by atoms with van der Waals surface area (Å²) in [5.74, 6) is 1.44. The van der Waals surface area contributed by atoms with Crippen molar-refractivity contribution < 1.29 is 4.52 Å². The SMILES string of the molecule is CCC(CC)C1CN=C(NCCc2ncno2)S1. The highest BCUT2D eigenvalue weighted by Crippen LogP contribution is 2.30. The van der Waals surface area contributed by atoms with E-state index in [-0.39, 0.29) is 0 Å². The Kier molecular flexibility index (Phi) is 5.04. The molecule has 2 heterocycles. The van der Waals surface area contributed by atoms with E-state index in [1.807, 2.05) is 11.8 Å². The maximum atomic E-state index is 4.94. The smallest absolute Gasteiger partial charge is 0.228 e. The summed E-state index contributed by atoms with van der Waals surface area (Å²) in [6.07, 6.45) is 4.65. The minimum absolute atomic E-state index is 0.644. The topological polar surface area (TPSA) is 63.3 Å². The fraction of sp³-hybridized carbons (Fsp3) is 0.750. The van der Waals surface area contributed by atoms with Crippen LogP contribution in [0.5, 0.6) is 0 Å². The second-order valence-electron chi connectivity index (χ2n) is 4.39. The lowest BCUT2D eigenvalue weighted by Crippen LogP contribution is -2.23. The number of hydrogen-bond acceptors (Lipinski definition) is 6. The normalized spacial score (nSPS) is 19.3. The van der Waals surface area contributed by atoms with Gasteiger partial charge in [-0.25, -0.2) is 0 Å². The van der Waals surface area contributed by atoms with Crippen LogP contribution in [-0.2, 0) is 6.42 Å². The third-order valence-corrected chi connectivity index (χ3v) is 4.61. The fourth-order valence-electron chi connectivity index (χ4n) is 2.13. The number of amidine groups is 1. The molecule has 0 amide bonds. The van der Waals surface area contributed by atoms with Crippen molar-refractivity contribution in [3.8, 4) is 0 Å². The van der Waals surface area contributed by atoms with Gasteiger partial charge in [-0.15, -0.1) is 0 Å². The van der Waals surface area contributed by atoms with Crippen LogP contribution in [0.3, 0.4) is 0 Å². The van der Waals surface area contributed by atoms with E-state index in [1.54, 1.807) is 0 Å². The largest absolute Gasteiger partial charge is 0.364 e. The predicted octanol–water partition coefficient (Wildman–Crippen LogP) is 2.11. The molecule has 18 heavy (non-hydrogen) atoms. The van der Waals surface area contributed by atoms with Gasteiger partial charge in [0.05, 0.1) is 6.54 Å². The highest BCUT2D eigenvalue weighted by molar-refractivity contribution is 8.14. The molecule has 0 saturated heterocycles. The van der Waals surface area contributed by atoms with Crippen LogP contribution in [0.4, 0.5) is 0 Å². The van der Waals surface area contributed by atoms with Crippen LogP contribution < -0.4 is 5.32 Å². The Hall–Kier alpha value is -1.04. The van der Waals surface area contributed by atoms with Crippen LogP contribution in [-0.4, -0.2) is 33.6 Å². The Bertz CT molecular complexity index is 375. The van der Waals surface area contributed by atoms with Gasteiger partial charge in [-0.2, -0.15) is 4.98 Å². The zero-order valence-corrected chi connectivity index (χ0v) is 11.7. The summed E-state index contributed by atoms with van der Waals surface area (Å²) in [5.41, 5.74) is 0. The number of nitrogens with zero attached hydrogens (tertiary/aromatic N) is 3. The molecule has 0 fully saturated rings. The zero-order valence-electron chi connectivity index (χ0n) is 10.9. The Labute approximate surface area is 112 Å². The molecule has 100 valence electrons. The van der Waals surface area contributed by atoms with Crippen molar-refractivity contribution in [1.82, 2.24) is 15.5 Å². The number of hydrogen-bond donors (Lipinski definition) is 1. The molecule has 0 aromatic carbocycles. The minimum Gasteiger partial charge on any atom is -0.364 e. The van der Waals surface area contributed by atoms with Gasteiger partial charge in [-0.1, -0.05) is 43.6 Å². The molecule has 5 nitrogen and oxygen atoms in total. The van der Waals surface area contributed by atoms with E-state index in [2.05, 4.69) is 34.3 Å². The van der Waals surface area contributed by atoms with Gasteiger partial charge in [0.25, 0.3) is 0 Å². The summed E-state index contributed by atoms with van der Waals surface area (Å²) >= 11 is 1.88. The van der Waals surface area contributed by atoms with Crippen LogP contribution in [0.15, 0.2) is 15.8 Å². The first-order valence-electron chi connectivity index (χ1n) is 6.54. The van der Waals surface area contributed by atoms with Gasteiger partial charge < -0.3 is 9.84 Å². The molecule has 0 bridgehead atoms. The number of aliphatic imine (C=N–C) groups is 1. The van der Waals surface area contributed by atoms with E-state index in [4.69, 9.17) is 4.52 Å². The molecule has 1 unspecified atom stereocenters. The Morgan fingerprint density at radius 2 is 2.33 bits per heavy atom. The summed E-state index contributed by atoms with van der Waals surface area (Å²) in [6, 6.07) is 0.